The first kappa shape index (κ1) is 14.2. The van der Waals surface area contributed by atoms with Crippen molar-refractivity contribution in [1.82, 2.24) is 0 Å². The summed E-state index contributed by atoms with van der Waals surface area (Å²) in [5.41, 5.74) is 0.852. The van der Waals surface area contributed by atoms with Crippen molar-refractivity contribution in [3.63, 3.8) is 0 Å². The van der Waals surface area contributed by atoms with Crippen LogP contribution in [0, 0.1) is 0 Å². The Kier molecular flexibility index (Phi) is 3.79. The number of ether oxygens (including phenoxy) is 2. The van der Waals surface area contributed by atoms with Crippen molar-refractivity contribution in [2.75, 3.05) is 13.2 Å². The van der Waals surface area contributed by atoms with E-state index in [0.717, 1.165) is 16.9 Å². The van der Waals surface area contributed by atoms with Gasteiger partial charge >= 0.3 is 0 Å². The molecule has 0 fully saturated rings. The van der Waals surface area contributed by atoms with E-state index in [1.165, 1.54) is 0 Å². The number of hydrogen-bond donors (Lipinski definition) is 1. The second-order valence-corrected chi connectivity index (χ2v) is 5.87. The molecule has 1 N–H and O–H groups in total. The van der Waals surface area contributed by atoms with Gasteiger partial charge in [0, 0.05) is 11.4 Å². The summed E-state index contributed by atoms with van der Waals surface area (Å²) in [6, 6.07) is 13.1. The number of benzene rings is 2. The average molecular weight is 305 g/mol. The zero-order valence-electron chi connectivity index (χ0n) is 11.8. The number of aliphatic hydroxyl groups is 1. The van der Waals surface area contributed by atoms with E-state index in [1.807, 2.05) is 42.5 Å². The molecule has 1 heterocycles. The van der Waals surface area contributed by atoms with E-state index in [0.29, 0.717) is 30.4 Å². The maximum atomic E-state index is 10.8. The van der Waals surface area contributed by atoms with Crippen LogP contribution in [0.4, 0.5) is 0 Å². The summed E-state index contributed by atoms with van der Waals surface area (Å²) in [6.07, 6.45) is 0.504. The van der Waals surface area contributed by atoms with Gasteiger partial charge in [-0.05, 0) is 42.3 Å². The molecular weight excluding hydrogens is 288 g/mol. The van der Waals surface area contributed by atoms with Crippen molar-refractivity contribution in [2.45, 2.75) is 18.9 Å². The molecular formula is C17H17ClO3. The summed E-state index contributed by atoms with van der Waals surface area (Å²) in [5.74, 6) is 1.42. The molecule has 0 radical (unpaired) electrons. The average Bonchev–Trinajstić information content (AvgIpc) is 2.49. The predicted molar refractivity (Wildman–Crippen MR) is 82.2 cm³/mol. The molecule has 1 aliphatic rings. The number of hydrogen-bond acceptors (Lipinski definition) is 3. The van der Waals surface area contributed by atoms with Gasteiger partial charge < -0.3 is 14.6 Å². The molecule has 3 nitrogen and oxygen atoms in total. The largest absolute Gasteiger partial charge is 0.486 e. The predicted octanol–water partition coefficient (Wildman–Crippen LogP) is 3.56. The maximum Gasteiger partial charge on any atom is 0.161 e. The Morgan fingerprint density at radius 1 is 1.05 bits per heavy atom. The maximum absolute atomic E-state index is 10.8. The molecule has 0 aliphatic carbocycles. The third-order valence-corrected chi connectivity index (χ3v) is 3.88. The van der Waals surface area contributed by atoms with E-state index in [9.17, 15) is 5.11 Å². The monoisotopic (exact) mass is 304 g/mol. The van der Waals surface area contributed by atoms with Crippen molar-refractivity contribution < 1.29 is 14.6 Å². The van der Waals surface area contributed by atoms with Crippen LogP contribution in [0.25, 0.3) is 0 Å². The molecule has 3 rings (SSSR count). The lowest BCUT2D eigenvalue weighted by molar-refractivity contribution is 0.0569. The molecule has 0 spiro atoms. The standard InChI is InChI=1S/C17H17ClO3/c1-17(19,11-12-2-5-14(18)6-3-12)13-4-7-15-16(10-13)21-9-8-20-15/h2-7,10,19H,8-9,11H2,1H3. The minimum Gasteiger partial charge on any atom is -0.486 e. The summed E-state index contributed by atoms with van der Waals surface area (Å²) in [7, 11) is 0. The van der Waals surface area contributed by atoms with E-state index in [1.54, 1.807) is 6.92 Å². The lowest BCUT2D eigenvalue weighted by Gasteiger charge is -2.26. The Morgan fingerprint density at radius 3 is 2.43 bits per heavy atom. The number of fused-ring (bicyclic) bond motifs is 1. The molecule has 0 saturated heterocycles. The molecule has 0 amide bonds. The Balaban J connectivity index is 1.85. The van der Waals surface area contributed by atoms with E-state index in [4.69, 9.17) is 21.1 Å². The van der Waals surface area contributed by atoms with Crippen molar-refractivity contribution in [1.29, 1.82) is 0 Å². The molecule has 1 atom stereocenters. The molecule has 110 valence electrons. The van der Waals surface area contributed by atoms with Gasteiger partial charge in [-0.1, -0.05) is 29.8 Å². The SMILES string of the molecule is CC(O)(Cc1ccc(Cl)cc1)c1ccc2c(c1)OCCO2. The van der Waals surface area contributed by atoms with Crippen LogP contribution in [-0.4, -0.2) is 18.3 Å². The molecule has 21 heavy (non-hydrogen) atoms. The first-order chi connectivity index (χ1) is 10.0. The van der Waals surface area contributed by atoms with Gasteiger partial charge in [0.1, 0.15) is 13.2 Å². The van der Waals surface area contributed by atoms with Gasteiger partial charge in [0.15, 0.2) is 11.5 Å². The van der Waals surface area contributed by atoms with Crippen LogP contribution < -0.4 is 9.47 Å². The highest BCUT2D eigenvalue weighted by atomic mass is 35.5. The molecule has 0 saturated carbocycles. The highest BCUT2D eigenvalue weighted by Crippen LogP contribution is 2.35. The second kappa shape index (κ2) is 5.58. The van der Waals surface area contributed by atoms with E-state index in [2.05, 4.69) is 0 Å². The first-order valence-corrected chi connectivity index (χ1v) is 7.29. The highest BCUT2D eigenvalue weighted by Gasteiger charge is 2.25. The highest BCUT2D eigenvalue weighted by molar-refractivity contribution is 6.30. The van der Waals surface area contributed by atoms with Crippen LogP contribution in [0.3, 0.4) is 0 Å². The summed E-state index contributed by atoms with van der Waals surface area (Å²) < 4.78 is 11.1. The van der Waals surface area contributed by atoms with Crippen LogP contribution in [-0.2, 0) is 12.0 Å². The van der Waals surface area contributed by atoms with Crippen LogP contribution in [0.15, 0.2) is 42.5 Å². The second-order valence-electron chi connectivity index (χ2n) is 5.44. The summed E-state index contributed by atoms with van der Waals surface area (Å²) in [6.45, 7) is 2.90. The minimum atomic E-state index is -0.982. The van der Waals surface area contributed by atoms with Gasteiger partial charge in [-0.25, -0.2) is 0 Å². The first-order valence-electron chi connectivity index (χ1n) is 6.91. The van der Waals surface area contributed by atoms with Gasteiger partial charge in [0.05, 0.1) is 5.60 Å². The summed E-state index contributed by atoms with van der Waals surface area (Å²) >= 11 is 5.89. The minimum absolute atomic E-state index is 0.504. The molecule has 0 aromatic heterocycles. The third-order valence-electron chi connectivity index (χ3n) is 3.63. The van der Waals surface area contributed by atoms with Crippen molar-refractivity contribution in [2.24, 2.45) is 0 Å². The normalized spacial score (nSPS) is 16.3. The molecule has 1 aliphatic heterocycles. The van der Waals surface area contributed by atoms with Gasteiger partial charge in [-0.3, -0.25) is 0 Å². The summed E-state index contributed by atoms with van der Waals surface area (Å²) in [4.78, 5) is 0. The Labute approximate surface area is 129 Å². The van der Waals surface area contributed by atoms with Crippen molar-refractivity contribution in [3.05, 3.63) is 58.6 Å². The van der Waals surface area contributed by atoms with Crippen LogP contribution in [0.5, 0.6) is 11.5 Å². The van der Waals surface area contributed by atoms with Crippen LogP contribution in [0.2, 0.25) is 5.02 Å². The smallest absolute Gasteiger partial charge is 0.161 e. The fraction of sp³-hybridized carbons (Fsp3) is 0.294. The quantitative estimate of drug-likeness (QED) is 0.942. The number of rotatable bonds is 3. The van der Waals surface area contributed by atoms with Gasteiger partial charge in [0.2, 0.25) is 0 Å². The van der Waals surface area contributed by atoms with E-state index in [-0.39, 0.29) is 0 Å². The fourth-order valence-corrected chi connectivity index (χ4v) is 2.61. The van der Waals surface area contributed by atoms with Gasteiger partial charge in [0.25, 0.3) is 0 Å². The van der Waals surface area contributed by atoms with Crippen LogP contribution >= 0.6 is 11.6 Å². The van der Waals surface area contributed by atoms with E-state index < -0.39 is 5.60 Å². The Hall–Kier alpha value is -1.71. The molecule has 1 unspecified atom stereocenters. The van der Waals surface area contributed by atoms with Crippen molar-refractivity contribution >= 4 is 11.6 Å². The number of halogens is 1. The van der Waals surface area contributed by atoms with Crippen LogP contribution in [0.1, 0.15) is 18.1 Å². The zero-order chi connectivity index (χ0) is 14.9. The lowest BCUT2D eigenvalue weighted by Crippen LogP contribution is -2.25. The van der Waals surface area contributed by atoms with Crippen molar-refractivity contribution in [3.8, 4) is 11.5 Å². The topological polar surface area (TPSA) is 38.7 Å². The summed E-state index contributed by atoms with van der Waals surface area (Å²) in [5, 5.41) is 11.5. The van der Waals surface area contributed by atoms with Gasteiger partial charge in [-0.2, -0.15) is 0 Å². The fourth-order valence-electron chi connectivity index (χ4n) is 2.48. The molecule has 4 heteroatoms. The lowest BCUT2D eigenvalue weighted by atomic mass is 9.89. The molecule has 2 aromatic rings. The Morgan fingerprint density at radius 2 is 1.71 bits per heavy atom. The zero-order valence-corrected chi connectivity index (χ0v) is 12.6. The molecule has 0 bridgehead atoms. The van der Waals surface area contributed by atoms with E-state index >= 15 is 0 Å². The third kappa shape index (κ3) is 3.14. The Bertz CT molecular complexity index is 635. The molecule has 2 aromatic carbocycles. The van der Waals surface area contributed by atoms with Gasteiger partial charge in [-0.15, -0.1) is 0 Å².